The van der Waals surface area contributed by atoms with Gasteiger partial charge in [-0.05, 0) is 56.7 Å². The molecular weight excluding hydrogens is 560 g/mol. The van der Waals surface area contributed by atoms with Crippen LogP contribution in [0, 0.1) is 12.7 Å². The number of anilines is 2. The highest BCUT2D eigenvalue weighted by atomic mass is 19.4. The number of carbonyl (C=O) groups excluding carboxylic acids is 3. The molecule has 3 amide bonds. The normalized spacial score (nSPS) is 15.5. The first-order valence-corrected chi connectivity index (χ1v) is 12.7. The van der Waals surface area contributed by atoms with E-state index in [1.165, 1.54) is 68.5 Å². The number of carbonyl (C=O) groups is 3. The van der Waals surface area contributed by atoms with E-state index in [4.69, 9.17) is 0 Å². The maximum absolute atomic E-state index is 14.2. The first kappa shape index (κ1) is 30.2. The maximum atomic E-state index is 14.2. The average molecular weight is 589 g/mol. The molecule has 222 valence electrons. The number of ether oxygens (including phenoxy) is 1. The van der Waals surface area contributed by atoms with E-state index in [9.17, 15) is 31.9 Å². The number of halogens is 4. The predicted molar refractivity (Wildman–Crippen MR) is 144 cm³/mol. The van der Waals surface area contributed by atoms with Gasteiger partial charge in [-0.15, -0.1) is 13.2 Å². The minimum Gasteiger partial charge on any atom is -0.406 e. The summed E-state index contributed by atoms with van der Waals surface area (Å²) in [4.78, 5) is 50.5. The van der Waals surface area contributed by atoms with Crippen LogP contribution >= 0.6 is 0 Å². The van der Waals surface area contributed by atoms with Gasteiger partial charge in [-0.3, -0.25) is 19.4 Å². The molecule has 0 fully saturated rings. The molecule has 3 aromatic rings. The number of aryl methyl sites for hydroxylation is 1. The van der Waals surface area contributed by atoms with Crippen molar-refractivity contribution in [3.63, 3.8) is 0 Å². The molecule has 1 aromatic heterocycles. The third-order valence-corrected chi connectivity index (χ3v) is 6.51. The van der Waals surface area contributed by atoms with Crippen molar-refractivity contribution < 1.29 is 36.7 Å². The lowest BCUT2D eigenvalue weighted by Crippen LogP contribution is -2.60. The van der Waals surface area contributed by atoms with Gasteiger partial charge in [-0.1, -0.05) is 12.1 Å². The first-order chi connectivity index (χ1) is 19.6. The summed E-state index contributed by atoms with van der Waals surface area (Å²) in [7, 11) is 1.44. The van der Waals surface area contributed by atoms with E-state index in [0.29, 0.717) is 16.9 Å². The van der Waals surface area contributed by atoms with Crippen LogP contribution in [0.25, 0.3) is 0 Å². The van der Waals surface area contributed by atoms with Gasteiger partial charge in [0, 0.05) is 26.3 Å². The number of amides is 3. The van der Waals surface area contributed by atoms with E-state index in [2.05, 4.69) is 25.3 Å². The van der Waals surface area contributed by atoms with Crippen LogP contribution in [0.5, 0.6) is 5.75 Å². The molecular formula is C28H28F4N6O4. The summed E-state index contributed by atoms with van der Waals surface area (Å²) in [5.41, 5.74) is 0.392. The maximum Gasteiger partial charge on any atom is 0.573 e. The standard InChI is InChI=1S/C28H28F4N6O4/c1-16-12-34-20(13-33-16)24(39)36-27(2,3)26(41)35-21-15-38(14-17-5-8-19(9-6-17)42-28(30,31)32)22-10-7-18(29)11-23(22)37(4)25(21)40/h5-13,21H,14-15H2,1-4H3,(H,35,41)(H,36,39)/t21-/m1/s1. The van der Waals surface area contributed by atoms with Crippen LogP contribution in [0.2, 0.25) is 0 Å². The zero-order valence-corrected chi connectivity index (χ0v) is 23.1. The number of hydrogen-bond acceptors (Lipinski definition) is 7. The quantitative estimate of drug-likeness (QED) is 0.406. The van der Waals surface area contributed by atoms with Crippen molar-refractivity contribution in [2.24, 2.45) is 0 Å². The van der Waals surface area contributed by atoms with E-state index >= 15 is 0 Å². The second-order valence-electron chi connectivity index (χ2n) is 10.3. The number of alkyl halides is 3. The number of benzene rings is 2. The van der Waals surface area contributed by atoms with Crippen LogP contribution < -0.4 is 25.2 Å². The summed E-state index contributed by atoms with van der Waals surface area (Å²) in [6, 6.07) is 7.92. The van der Waals surface area contributed by atoms with Crippen LogP contribution in [0.15, 0.2) is 54.9 Å². The van der Waals surface area contributed by atoms with E-state index in [0.717, 1.165) is 12.1 Å². The van der Waals surface area contributed by atoms with Gasteiger partial charge in [0.25, 0.3) is 11.8 Å². The van der Waals surface area contributed by atoms with E-state index in [-0.39, 0.29) is 24.5 Å². The number of rotatable bonds is 7. The van der Waals surface area contributed by atoms with E-state index < -0.39 is 47.2 Å². The zero-order chi connectivity index (χ0) is 30.8. The van der Waals surface area contributed by atoms with Crippen molar-refractivity contribution in [2.75, 3.05) is 23.4 Å². The Labute approximate surface area is 238 Å². The Morgan fingerprint density at radius 1 is 1.05 bits per heavy atom. The lowest BCUT2D eigenvalue weighted by Gasteiger charge is -2.30. The summed E-state index contributed by atoms with van der Waals surface area (Å²) in [6.45, 7) is 4.66. The summed E-state index contributed by atoms with van der Waals surface area (Å²) >= 11 is 0. The highest BCUT2D eigenvalue weighted by molar-refractivity contribution is 6.04. The molecule has 1 aliphatic rings. The van der Waals surface area contributed by atoms with Gasteiger partial charge in [0.1, 0.15) is 28.8 Å². The fraction of sp³-hybridized carbons (Fsp3) is 0.321. The van der Waals surface area contributed by atoms with Gasteiger partial charge in [-0.25, -0.2) is 9.37 Å². The molecule has 1 atom stereocenters. The van der Waals surface area contributed by atoms with Crippen LogP contribution in [-0.4, -0.2) is 59.2 Å². The highest BCUT2D eigenvalue weighted by Crippen LogP contribution is 2.34. The molecule has 0 aliphatic carbocycles. The number of aromatic nitrogens is 2. The van der Waals surface area contributed by atoms with Crippen LogP contribution in [-0.2, 0) is 16.1 Å². The van der Waals surface area contributed by atoms with Gasteiger partial charge in [0.05, 0.1) is 23.3 Å². The average Bonchev–Trinajstić information content (AvgIpc) is 2.99. The minimum atomic E-state index is -4.84. The van der Waals surface area contributed by atoms with Gasteiger partial charge < -0.3 is 25.2 Å². The largest absolute Gasteiger partial charge is 0.573 e. The van der Waals surface area contributed by atoms with Crippen LogP contribution in [0.3, 0.4) is 0 Å². The zero-order valence-electron chi connectivity index (χ0n) is 23.1. The molecule has 2 aromatic carbocycles. The second kappa shape index (κ2) is 11.6. The molecule has 1 aliphatic heterocycles. The molecule has 2 heterocycles. The Balaban J connectivity index is 1.56. The Morgan fingerprint density at radius 3 is 2.36 bits per heavy atom. The molecule has 4 rings (SSSR count). The summed E-state index contributed by atoms with van der Waals surface area (Å²) in [5.74, 6) is -2.85. The van der Waals surface area contributed by atoms with Crippen LogP contribution in [0.1, 0.15) is 35.6 Å². The van der Waals surface area contributed by atoms with E-state index in [1.54, 1.807) is 11.8 Å². The van der Waals surface area contributed by atoms with Crippen molar-refractivity contribution in [1.29, 1.82) is 0 Å². The topological polar surface area (TPSA) is 117 Å². The SMILES string of the molecule is Cc1cnc(C(=O)NC(C)(C)C(=O)N[C@@H]2CN(Cc3ccc(OC(F)(F)F)cc3)c3ccc(F)cc3N(C)C2=O)cn1. The molecule has 14 heteroatoms. The third kappa shape index (κ3) is 7.11. The van der Waals surface area contributed by atoms with Gasteiger partial charge in [0.2, 0.25) is 5.91 Å². The lowest BCUT2D eigenvalue weighted by atomic mass is 10.0. The Kier molecular flexibility index (Phi) is 8.36. The first-order valence-electron chi connectivity index (χ1n) is 12.7. The smallest absolute Gasteiger partial charge is 0.406 e. The molecule has 0 spiro atoms. The lowest BCUT2D eigenvalue weighted by molar-refractivity contribution is -0.274. The van der Waals surface area contributed by atoms with Crippen molar-refractivity contribution >= 4 is 29.1 Å². The van der Waals surface area contributed by atoms with Gasteiger partial charge in [0.15, 0.2) is 0 Å². The molecule has 0 bridgehead atoms. The number of hydrogen-bond donors (Lipinski definition) is 2. The molecule has 10 nitrogen and oxygen atoms in total. The highest BCUT2D eigenvalue weighted by Gasteiger charge is 2.38. The molecule has 0 unspecified atom stereocenters. The van der Waals surface area contributed by atoms with Crippen molar-refractivity contribution in [3.8, 4) is 5.75 Å². The summed E-state index contributed by atoms with van der Waals surface area (Å²) in [6.07, 6.45) is -2.15. The molecule has 0 saturated heterocycles. The molecule has 42 heavy (non-hydrogen) atoms. The third-order valence-electron chi connectivity index (χ3n) is 6.51. The Morgan fingerprint density at radius 2 is 1.74 bits per heavy atom. The number of nitrogens with one attached hydrogen (secondary N) is 2. The van der Waals surface area contributed by atoms with Crippen LogP contribution in [0.4, 0.5) is 28.9 Å². The fourth-order valence-corrected chi connectivity index (χ4v) is 4.31. The van der Waals surface area contributed by atoms with Gasteiger partial charge >= 0.3 is 6.36 Å². The Bertz CT molecular complexity index is 1480. The van der Waals surface area contributed by atoms with Crippen molar-refractivity contribution in [1.82, 2.24) is 20.6 Å². The van der Waals surface area contributed by atoms with E-state index in [1.807, 2.05) is 0 Å². The van der Waals surface area contributed by atoms with Gasteiger partial charge in [-0.2, -0.15) is 0 Å². The number of likely N-dealkylation sites (N-methyl/N-ethyl adjacent to an activating group) is 1. The Hall–Kier alpha value is -4.75. The second-order valence-corrected chi connectivity index (χ2v) is 10.3. The summed E-state index contributed by atoms with van der Waals surface area (Å²) in [5, 5.41) is 5.27. The molecule has 2 N–H and O–H groups in total. The molecule has 0 radical (unpaired) electrons. The van der Waals surface area contributed by atoms with Crippen molar-refractivity contribution in [3.05, 3.63) is 77.6 Å². The monoisotopic (exact) mass is 588 g/mol. The number of fused-ring (bicyclic) bond motifs is 1. The van der Waals surface area contributed by atoms with Crippen molar-refractivity contribution in [2.45, 2.75) is 45.3 Å². The predicted octanol–water partition coefficient (Wildman–Crippen LogP) is 3.50. The minimum absolute atomic E-state index is 0.00190. The number of nitrogens with zero attached hydrogens (tertiary/aromatic N) is 4. The molecule has 0 saturated carbocycles. The summed E-state index contributed by atoms with van der Waals surface area (Å²) < 4.78 is 55.9. The fourth-order valence-electron chi connectivity index (χ4n) is 4.31.